The van der Waals surface area contributed by atoms with Gasteiger partial charge in [-0.1, -0.05) is 84.6 Å². The van der Waals surface area contributed by atoms with E-state index < -0.39 is 0 Å². The van der Waals surface area contributed by atoms with Gasteiger partial charge in [-0.3, -0.25) is 4.90 Å². The Morgan fingerprint density at radius 2 is 1.37 bits per heavy atom. The molecule has 2 nitrogen and oxygen atoms in total. The standard InChI is InChI=1S/C25H23NO/c1-3-9-21(10-4-1)15-16-25(26-17-19-27-20-18-26)24-14-8-7-13-23(24)22-11-5-2-6-12-22/h1-14,25H,17-20H2. The highest BCUT2D eigenvalue weighted by Gasteiger charge is 2.23. The molecule has 0 bridgehead atoms. The van der Waals surface area contributed by atoms with Gasteiger partial charge in [-0.15, -0.1) is 0 Å². The second-order valence-corrected chi connectivity index (χ2v) is 6.64. The summed E-state index contributed by atoms with van der Waals surface area (Å²) >= 11 is 0. The van der Waals surface area contributed by atoms with Crippen LogP contribution in [0.4, 0.5) is 0 Å². The number of morpholine rings is 1. The van der Waals surface area contributed by atoms with Crippen LogP contribution in [-0.4, -0.2) is 31.2 Å². The van der Waals surface area contributed by atoms with E-state index in [9.17, 15) is 0 Å². The summed E-state index contributed by atoms with van der Waals surface area (Å²) in [5.41, 5.74) is 4.78. The van der Waals surface area contributed by atoms with Gasteiger partial charge in [0.25, 0.3) is 0 Å². The average molecular weight is 353 g/mol. The molecule has 0 radical (unpaired) electrons. The van der Waals surface area contributed by atoms with Gasteiger partial charge in [-0.05, 0) is 28.8 Å². The van der Waals surface area contributed by atoms with Gasteiger partial charge in [0.1, 0.15) is 0 Å². The fourth-order valence-electron chi connectivity index (χ4n) is 3.49. The minimum absolute atomic E-state index is 0.0468. The zero-order chi connectivity index (χ0) is 18.3. The largest absolute Gasteiger partial charge is 0.379 e. The monoisotopic (exact) mass is 353 g/mol. The number of benzene rings is 3. The molecule has 2 heteroatoms. The number of nitrogens with zero attached hydrogens (tertiary/aromatic N) is 1. The van der Waals surface area contributed by atoms with Gasteiger partial charge >= 0.3 is 0 Å². The molecule has 1 aliphatic heterocycles. The molecule has 27 heavy (non-hydrogen) atoms. The third-order valence-corrected chi connectivity index (χ3v) is 4.88. The van der Waals surface area contributed by atoms with E-state index in [1.165, 1.54) is 16.7 Å². The summed E-state index contributed by atoms with van der Waals surface area (Å²) in [6, 6.07) is 29.4. The van der Waals surface area contributed by atoms with E-state index in [1.54, 1.807) is 0 Å². The number of hydrogen-bond donors (Lipinski definition) is 0. The molecule has 1 saturated heterocycles. The summed E-state index contributed by atoms with van der Waals surface area (Å²) in [5, 5.41) is 0. The molecule has 0 amide bonds. The Morgan fingerprint density at radius 1 is 0.741 bits per heavy atom. The molecule has 0 N–H and O–H groups in total. The van der Waals surface area contributed by atoms with Crippen LogP contribution in [0.2, 0.25) is 0 Å². The third-order valence-electron chi connectivity index (χ3n) is 4.88. The van der Waals surface area contributed by atoms with Crippen LogP contribution >= 0.6 is 0 Å². The van der Waals surface area contributed by atoms with E-state index in [4.69, 9.17) is 4.74 Å². The predicted molar refractivity (Wildman–Crippen MR) is 110 cm³/mol. The molecule has 0 spiro atoms. The molecular formula is C25H23NO. The van der Waals surface area contributed by atoms with Gasteiger partial charge < -0.3 is 4.74 Å². The fourth-order valence-corrected chi connectivity index (χ4v) is 3.49. The van der Waals surface area contributed by atoms with Crippen molar-refractivity contribution in [2.75, 3.05) is 26.3 Å². The fraction of sp³-hybridized carbons (Fsp3) is 0.200. The quantitative estimate of drug-likeness (QED) is 0.629. The Bertz CT molecular complexity index is 919. The first kappa shape index (κ1) is 17.5. The Balaban J connectivity index is 1.76. The molecular weight excluding hydrogens is 330 g/mol. The molecule has 0 aromatic heterocycles. The van der Waals surface area contributed by atoms with Crippen LogP contribution in [-0.2, 0) is 4.74 Å². The topological polar surface area (TPSA) is 12.5 Å². The molecule has 0 saturated carbocycles. The molecule has 1 atom stereocenters. The van der Waals surface area contributed by atoms with Crippen molar-refractivity contribution in [3.63, 3.8) is 0 Å². The highest BCUT2D eigenvalue weighted by Crippen LogP contribution is 2.31. The summed E-state index contributed by atoms with van der Waals surface area (Å²) in [4.78, 5) is 2.43. The Kier molecular flexibility index (Phi) is 5.64. The zero-order valence-electron chi connectivity index (χ0n) is 15.3. The van der Waals surface area contributed by atoms with E-state index in [0.29, 0.717) is 0 Å². The average Bonchev–Trinajstić information content (AvgIpc) is 2.76. The van der Waals surface area contributed by atoms with Crippen LogP contribution < -0.4 is 0 Å². The van der Waals surface area contributed by atoms with Crippen LogP contribution in [0.5, 0.6) is 0 Å². The first-order valence-corrected chi connectivity index (χ1v) is 9.44. The minimum atomic E-state index is 0.0468. The molecule has 3 aromatic rings. The van der Waals surface area contributed by atoms with E-state index in [2.05, 4.69) is 83.5 Å². The van der Waals surface area contributed by atoms with Crippen molar-refractivity contribution in [2.45, 2.75) is 6.04 Å². The lowest BCUT2D eigenvalue weighted by atomic mass is 9.94. The molecule has 0 aliphatic carbocycles. The summed E-state index contributed by atoms with van der Waals surface area (Å²) in [5.74, 6) is 6.94. The molecule has 1 unspecified atom stereocenters. The molecule has 4 rings (SSSR count). The van der Waals surface area contributed by atoms with Crippen molar-refractivity contribution < 1.29 is 4.74 Å². The minimum Gasteiger partial charge on any atom is -0.379 e. The SMILES string of the molecule is C(#CC(c1ccccc1-c1ccccc1)N1CCOCC1)c1ccccc1. The van der Waals surface area contributed by atoms with Gasteiger partial charge in [0.05, 0.1) is 19.3 Å². The van der Waals surface area contributed by atoms with Crippen molar-refractivity contribution in [3.05, 3.63) is 96.1 Å². The van der Waals surface area contributed by atoms with Crippen LogP contribution in [0.25, 0.3) is 11.1 Å². The van der Waals surface area contributed by atoms with Gasteiger partial charge in [-0.25, -0.2) is 0 Å². The lowest BCUT2D eigenvalue weighted by Gasteiger charge is -2.32. The van der Waals surface area contributed by atoms with Gasteiger partial charge in [0, 0.05) is 18.7 Å². The zero-order valence-corrected chi connectivity index (χ0v) is 15.3. The normalized spacial score (nSPS) is 15.6. The molecule has 1 heterocycles. The summed E-state index contributed by atoms with van der Waals surface area (Å²) < 4.78 is 5.57. The number of ether oxygens (including phenoxy) is 1. The molecule has 1 fully saturated rings. The first-order valence-electron chi connectivity index (χ1n) is 9.44. The lowest BCUT2D eigenvalue weighted by Crippen LogP contribution is -2.38. The summed E-state index contributed by atoms with van der Waals surface area (Å²) in [6.45, 7) is 3.32. The Morgan fingerprint density at radius 3 is 2.11 bits per heavy atom. The maximum Gasteiger partial charge on any atom is 0.0982 e. The molecule has 3 aromatic carbocycles. The van der Waals surface area contributed by atoms with Crippen molar-refractivity contribution in [1.82, 2.24) is 4.90 Å². The van der Waals surface area contributed by atoms with Crippen molar-refractivity contribution in [3.8, 4) is 23.0 Å². The Labute approximate surface area is 161 Å². The molecule has 134 valence electrons. The van der Waals surface area contributed by atoms with Crippen LogP contribution in [0.1, 0.15) is 17.2 Å². The van der Waals surface area contributed by atoms with Crippen molar-refractivity contribution in [1.29, 1.82) is 0 Å². The van der Waals surface area contributed by atoms with E-state index in [1.807, 2.05) is 18.2 Å². The van der Waals surface area contributed by atoms with Gasteiger partial charge in [-0.2, -0.15) is 0 Å². The van der Waals surface area contributed by atoms with Gasteiger partial charge in [0.2, 0.25) is 0 Å². The smallest absolute Gasteiger partial charge is 0.0982 e. The second-order valence-electron chi connectivity index (χ2n) is 6.64. The van der Waals surface area contributed by atoms with Crippen molar-refractivity contribution in [2.24, 2.45) is 0 Å². The van der Waals surface area contributed by atoms with E-state index in [-0.39, 0.29) is 6.04 Å². The van der Waals surface area contributed by atoms with Crippen molar-refractivity contribution >= 4 is 0 Å². The predicted octanol–water partition coefficient (Wildman–Crippen LogP) is 4.78. The summed E-state index contributed by atoms with van der Waals surface area (Å²) in [7, 11) is 0. The van der Waals surface area contributed by atoms with Crippen LogP contribution in [0.3, 0.4) is 0 Å². The van der Waals surface area contributed by atoms with Crippen LogP contribution in [0.15, 0.2) is 84.9 Å². The second kappa shape index (κ2) is 8.68. The number of rotatable bonds is 3. The highest BCUT2D eigenvalue weighted by atomic mass is 16.5. The first-order chi connectivity index (χ1) is 13.4. The van der Waals surface area contributed by atoms with E-state index >= 15 is 0 Å². The van der Waals surface area contributed by atoms with Crippen LogP contribution in [0, 0.1) is 11.8 Å². The lowest BCUT2D eigenvalue weighted by molar-refractivity contribution is 0.0270. The molecule has 1 aliphatic rings. The maximum atomic E-state index is 5.57. The number of hydrogen-bond acceptors (Lipinski definition) is 2. The highest BCUT2D eigenvalue weighted by molar-refractivity contribution is 5.68. The third kappa shape index (κ3) is 4.28. The summed E-state index contributed by atoms with van der Waals surface area (Å²) in [6.07, 6.45) is 0. The van der Waals surface area contributed by atoms with E-state index in [0.717, 1.165) is 31.9 Å². The van der Waals surface area contributed by atoms with Gasteiger partial charge in [0.15, 0.2) is 0 Å². The maximum absolute atomic E-state index is 5.57. The Hall–Kier alpha value is -2.86.